The van der Waals surface area contributed by atoms with Crippen LogP contribution in [-0.2, 0) is 4.79 Å². The van der Waals surface area contributed by atoms with E-state index in [0.29, 0.717) is 12.6 Å². The molecule has 0 saturated heterocycles. The van der Waals surface area contributed by atoms with E-state index >= 15 is 0 Å². The summed E-state index contributed by atoms with van der Waals surface area (Å²) in [7, 11) is 1.95. The van der Waals surface area contributed by atoms with E-state index in [1.54, 1.807) is 0 Å². The van der Waals surface area contributed by atoms with Crippen molar-refractivity contribution >= 4 is 5.91 Å². The maximum absolute atomic E-state index is 12.5. The Morgan fingerprint density at radius 1 is 1.31 bits per heavy atom. The Hall–Kier alpha value is -0.570. The van der Waals surface area contributed by atoms with Gasteiger partial charge in [0.1, 0.15) is 0 Å². The van der Waals surface area contributed by atoms with Crippen LogP contribution in [0, 0.1) is 5.41 Å². The summed E-state index contributed by atoms with van der Waals surface area (Å²) >= 11 is 0. The summed E-state index contributed by atoms with van der Waals surface area (Å²) in [5.41, 5.74) is 5.50. The van der Waals surface area contributed by atoms with E-state index in [1.807, 2.05) is 11.9 Å². The molecule has 1 aliphatic rings. The zero-order chi connectivity index (χ0) is 12.2. The van der Waals surface area contributed by atoms with Crippen LogP contribution in [0.25, 0.3) is 0 Å². The van der Waals surface area contributed by atoms with Gasteiger partial charge in [0, 0.05) is 19.6 Å². The minimum absolute atomic E-state index is 0.256. The van der Waals surface area contributed by atoms with Gasteiger partial charge in [0.15, 0.2) is 0 Å². The molecule has 0 aromatic rings. The fraction of sp³-hybridized carbons (Fsp3) is 0.923. The average Bonchev–Trinajstić information content (AvgIpc) is 2.84. The standard InChI is InChI=1S/C13H26N2O/c1-4-13(5-2,10-14)12(16)15(3)11-8-6-7-9-11/h11H,4-10,14H2,1-3H3. The molecule has 94 valence electrons. The van der Waals surface area contributed by atoms with Crippen LogP contribution >= 0.6 is 0 Å². The molecule has 1 aliphatic carbocycles. The molecule has 3 heteroatoms. The molecule has 2 N–H and O–H groups in total. The Morgan fingerprint density at radius 2 is 1.81 bits per heavy atom. The molecule has 0 unspecified atom stereocenters. The van der Waals surface area contributed by atoms with Crippen LogP contribution in [0.15, 0.2) is 0 Å². The van der Waals surface area contributed by atoms with E-state index in [4.69, 9.17) is 5.73 Å². The molecule has 1 saturated carbocycles. The van der Waals surface area contributed by atoms with Crippen LogP contribution in [0.5, 0.6) is 0 Å². The fourth-order valence-electron chi connectivity index (χ4n) is 2.76. The van der Waals surface area contributed by atoms with Gasteiger partial charge < -0.3 is 10.6 Å². The largest absolute Gasteiger partial charge is 0.342 e. The van der Waals surface area contributed by atoms with Crippen LogP contribution in [0.2, 0.25) is 0 Å². The third kappa shape index (κ3) is 2.40. The molecule has 16 heavy (non-hydrogen) atoms. The maximum Gasteiger partial charge on any atom is 0.230 e. The van der Waals surface area contributed by atoms with E-state index in [1.165, 1.54) is 12.8 Å². The van der Waals surface area contributed by atoms with E-state index in [-0.39, 0.29) is 11.3 Å². The van der Waals surface area contributed by atoms with Gasteiger partial charge in [-0.05, 0) is 25.7 Å². The number of carbonyl (C=O) groups excluding carboxylic acids is 1. The number of carbonyl (C=O) groups is 1. The topological polar surface area (TPSA) is 46.3 Å². The van der Waals surface area contributed by atoms with Crippen molar-refractivity contribution in [2.24, 2.45) is 11.1 Å². The number of nitrogens with two attached hydrogens (primary N) is 1. The predicted octanol–water partition coefficient (Wildman–Crippen LogP) is 2.15. The Morgan fingerprint density at radius 3 is 2.19 bits per heavy atom. The van der Waals surface area contributed by atoms with Crippen LogP contribution in [0.1, 0.15) is 52.4 Å². The van der Waals surface area contributed by atoms with E-state index in [9.17, 15) is 4.79 Å². The SMILES string of the molecule is CCC(CC)(CN)C(=O)N(C)C1CCCC1. The summed E-state index contributed by atoms with van der Waals surface area (Å²) in [6, 6.07) is 0.455. The zero-order valence-electron chi connectivity index (χ0n) is 11.0. The van der Waals surface area contributed by atoms with Crippen molar-refractivity contribution in [1.82, 2.24) is 4.90 Å². The Kier molecular flexibility index (Phi) is 4.78. The summed E-state index contributed by atoms with van der Waals surface area (Å²) < 4.78 is 0. The average molecular weight is 226 g/mol. The van der Waals surface area contributed by atoms with E-state index in [0.717, 1.165) is 25.7 Å². The lowest BCUT2D eigenvalue weighted by molar-refractivity contribution is -0.142. The van der Waals surface area contributed by atoms with Gasteiger partial charge in [0.2, 0.25) is 5.91 Å². The van der Waals surface area contributed by atoms with Crippen LogP contribution < -0.4 is 5.73 Å². The molecule has 1 amide bonds. The van der Waals surface area contributed by atoms with Crippen molar-refractivity contribution in [2.75, 3.05) is 13.6 Å². The molecular weight excluding hydrogens is 200 g/mol. The van der Waals surface area contributed by atoms with Crippen molar-refractivity contribution in [3.63, 3.8) is 0 Å². The molecule has 0 heterocycles. The second-order valence-corrected chi connectivity index (χ2v) is 5.05. The number of nitrogens with zero attached hydrogens (tertiary/aromatic N) is 1. The minimum atomic E-state index is -0.322. The van der Waals surface area contributed by atoms with Gasteiger partial charge in [0.25, 0.3) is 0 Å². The molecular formula is C13H26N2O. The molecule has 0 bridgehead atoms. The summed E-state index contributed by atoms with van der Waals surface area (Å²) in [4.78, 5) is 14.5. The summed E-state index contributed by atoms with van der Waals surface area (Å²) in [6.07, 6.45) is 6.53. The van der Waals surface area contributed by atoms with Gasteiger partial charge >= 0.3 is 0 Å². The highest BCUT2D eigenvalue weighted by atomic mass is 16.2. The number of hydrogen-bond donors (Lipinski definition) is 1. The third-order valence-electron chi connectivity index (χ3n) is 4.39. The highest BCUT2D eigenvalue weighted by molar-refractivity contribution is 5.83. The van der Waals surface area contributed by atoms with Gasteiger partial charge in [0.05, 0.1) is 5.41 Å². The van der Waals surface area contributed by atoms with Gasteiger partial charge in [-0.25, -0.2) is 0 Å². The number of amides is 1. The molecule has 0 atom stereocenters. The van der Waals surface area contributed by atoms with Gasteiger partial charge in [-0.3, -0.25) is 4.79 Å². The third-order valence-corrected chi connectivity index (χ3v) is 4.39. The zero-order valence-corrected chi connectivity index (χ0v) is 11.0. The molecule has 0 aromatic heterocycles. The molecule has 0 aromatic carbocycles. The number of rotatable bonds is 5. The second-order valence-electron chi connectivity index (χ2n) is 5.05. The van der Waals surface area contributed by atoms with Gasteiger partial charge in [-0.2, -0.15) is 0 Å². The van der Waals surface area contributed by atoms with Crippen molar-refractivity contribution in [1.29, 1.82) is 0 Å². The second kappa shape index (κ2) is 5.67. The predicted molar refractivity (Wildman–Crippen MR) is 67.1 cm³/mol. The molecule has 0 radical (unpaired) electrons. The molecule has 0 spiro atoms. The normalized spacial score (nSPS) is 17.8. The van der Waals surface area contributed by atoms with E-state index < -0.39 is 0 Å². The van der Waals surface area contributed by atoms with E-state index in [2.05, 4.69) is 13.8 Å². The lowest BCUT2D eigenvalue weighted by Gasteiger charge is -2.36. The van der Waals surface area contributed by atoms with Gasteiger partial charge in [-0.15, -0.1) is 0 Å². The first-order valence-corrected chi connectivity index (χ1v) is 6.58. The fourth-order valence-corrected chi connectivity index (χ4v) is 2.76. The quantitative estimate of drug-likeness (QED) is 0.781. The monoisotopic (exact) mass is 226 g/mol. The smallest absolute Gasteiger partial charge is 0.230 e. The Labute approximate surface area is 99.4 Å². The number of hydrogen-bond acceptors (Lipinski definition) is 2. The molecule has 1 fully saturated rings. The molecule has 1 rings (SSSR count). The van der Waals surface area contributed by atoms with Crippen LogP contribution in [0.4, 0.5) is 0 Å². The lowest BCUT2D eigenvalue weighted by Crippen LogP contribution is -2.49. The van der Waals surface area contributed by atoms with Crippen molar-refractivity contribution in [3.05, 3.63) is 0 Å². The highest BCUT2D eigenvalue weighted by Gasteiger charge is 2.38. The van der Waals surface area contributed by atoms with Crippen molar-refractivity contribution in [3.8, 4) is 0 Å². The van der Waals surface area contributed by atoms with Crippen molar-refractivity contribution < 1.29 is 4.79 Å². The maximum atomic E-state index is 12.5. The van der Waals surface area contributed by atoms with Gasteiger partial charge in [-0.1, -0.05) is 26.7 Å². The molecule has 3 nitrogen and oxygen atoms in total. The summed E-state index contributed by atoms with van der Waals surface area (Å²) in [6.45, 7) is 4.60. The Balaban J connectivity index is 2.73. The first kappa shape index (κ1) is 13.5. The first-order valence-electron chi connectivity index (χ1n) is 6.58. The van der Waals surface area contributed by atoms with Crippen molar-refractivity contribution in [2.45, 2.75) is 58.4 Å². The minimum Gasteiger partial charge on any atom is -0.342 e. The highest BCUT2D eigenvalue weighted by Crippen LogP contribution is 2.31. The summed E-state index contributed by atoms with van der Waals surface area (Å²) in [5, 5.41) is 0. The molecule has 0 aliphatic heterocycles. The van der Waals surface area contributed by atoms with Crippen LogP contribution in [0.3, 0.4) is 0 Å². The first-order chi connectivity index (χ1) is 7.61. The van der Waals surface area contributed by atoms with Crippen LogP contribution in [-0.4, -0.2) is 30.4 Å². The summed E-state index contributed by atoms with van der Waals surface area (Å²) in [5.74, 6) is 0.256. The lowest BCUT2D eigenvalue weighted by atomic mass is 9.80. The Bertz CT molecular complexity index is 222.